The van der Waals surface area contributed by atoms with Gasteiger partial charge in [0.1, 0.15) is 0 Å². The number of pyridine rings is 1. The summed E-state index contributed by atoms with van der Waals surface area (Å²) < 4.78 is 0. The Hall–Kier alpha value is -1.09. The average Bonchev–Trinajstić information content (AvgIpc) is 2.31. The first kappa shape index (κ1) is 10.4. The van der Waals surface area contributed by atoms with Crippen LogP contribution in [-0.4, -0.2) is 24.1 Å². The third-order valence-electron chi connectivity index (χ3n) is 3.31. The third kappa shape index (κ3) is 2.29. The molecule has 1 aliphatic rings. The summed E-state index contributed by atoms with van der Waals surface area (Å²) in [5.41, 5.74) is 7.02. The quantitative estimate of drug-likeness (QED) is 0.798. The number of anilines is 1. The minimum absolute atomic E-state index is 0.621. The summed E-state index contributed by atoms with van der Waals surface area (Å²) in [7, 11) is 0. The summed E-state index contributed by atoms with van der Waals surface area (Å²) in [5.74, 6) is 0.648. The Morgan fingerprint density at radius 2 is 2.13 bits per heavy atom. The van der Waals surface area contributed by atoms with Crippen molar-refractivity contribution in [2.75, 3.05) is 18.0 Å². The monoisotopic (exact) mass is 205 g/mol. The van der Waals surface area contributed by atoms with E-state index in [1.165, 1.54) is 18.5 Å². The van der Waals surface area contributed by atoms with Gasteiger partial charge in [-0.05, 0) is 44.4 Å². The Balaban J connectivity index is 2.13. The van der Waals surface area contributed by atoms with Gasteiger partial charge >= 0.3 is 0 Å². The highest BCUT2D eigenvalue weighted by Crippen LogP contribution is 2.26. The van der Waals surface area contributed by atoms with E-state index in [-0.39, 0.29) is 0 Å². The van der Waals surface area contributed by atoms with Crippen LogP contribution in [-0.2, 0) is 0 Å². The zero-order valence-corrected chi connectivity index (χ0v) is 9.26. The molecule has 2 heterocycles. The summed E-state index contributed by atoms with van der Waals surface area (Å²) in [6, 6.07) is 4.78. The van der Waals surface area contributed by atoms with Crippen LogP contribution in [0.3, 0.4) is 0 Å². The molecule has 2 rings (SSSR count). The second-order valence-corrected chi connectivity index (χ2v) is 4.39. The Labute approximate surface area is 91.3 Å². The van der Waals surface area contributed by atoms with Crippen molar-refractivity contribution >= 4 is 5.69 Å². The molecule has 2 N–H and O–H groups in total. The first-order chi connectivity index (χ1) is 7.31. The van der Waals surface area contributed by atoms with Gasteiger partial charge in [0.05, 0.1) is 0 Å². The van der Waals surface area contributed by atoms with Gasteiger partial charge in [0.15, 0.2) is 0 Å². The molecule has 2 unspecified atom stereocenters. The van der Waals surface area contributed by atoms with Crippen LogP contribution in [0, 0.1) is 5.92 Å². The largest absolute Gasteiger partial charge is 0.368 e. The fourth-order valence-corrected chi connectivity index (χ4v) is 2.27. The van der Waals surface area contributed by atoms with Crippen LogP contribution in [0.25, 0.3) is 0 Å². The van der Waals surface area contributed by atoms with E-state index in [1.54, 1.807) is 0 Å². The highest BCUT2D eigenvalue weighted by Gasteiger charge is 2.24. The lowest BCUT2D eigenvalue weighted by Crippen LogP contribution is -2.43. The first-order valence-electron chi connectivity index (χ1n) is 5.68. The molecule has 0 aromatic carbocycles. The van der Waals surface area contributed by atoms with E-state index in [9.17, 15) is 0 Å². The molecule has 1 aliphatic heterocycles. The summed E-state index contributed by atoms with van der Waals surface area (Å²) in [6.45, 7) is 4.17. The van der Waals surface area contributed by atoms with Crippen molar-refractivity contribution in [3.05, 3.63) is 24.5 Å². The second-order valence-electron chi connectivity index (χ2n) is 4.39. The molecule has 0 bridgehead atoms. The predicted molar refractivity (Wildman–Crippen MR) is 62.8 cm³/mol. The molecule has 15 heavy (non-hydrogen) atoms. The summed E-state index contributed by atoms with van der Waals surface area (Å²) in [6.07, 6.45) is 6.21. The smallest absolute Gasteiger partial charge is 0.0399 e. The molecular weight excluding hydrogens is 186 g/mol. The van der Waals surface area contributed by atoms with Gasteiger partial charge in [0, 0.05) is 30.7 Å². The lowest BCUT2D eigenvalue weighted by Gasteiger charge is -2.39. The molecule has 3 heteroatoms. The molecule has 0 aliphatic carbocycles. The minimum Gasteiger partial charge on any atom is -0.368 e. The van der Waals surface area contributed by atoms with Crippen molar-refractivity contribution in [2.45, 2.75) is 25.8 Å². The van der Waals surface area contributed by atoms with E-state index in [0.29, 0.717) is 12.0 Å². The van der Waals surface area contributed by atoms with E-state index < -0.39 is 0 Å². The van der Waals surface area contributed by atoms with Crippen molar-refractivity contribution in [3.8, 4) is 0 Å². The number of nitrogens with zero attached hydrogens (tertiary/aromatic N) is 2. The molecule has 0 amide bonds. The maximum Gasteiger partial charge on any atom is 0.0399 e. The van der Waals surface area contributed by atoms with Gasteiger partial charge in [-0.2, -0.15) is 0 Å². The van der Waals surface area contributed by atoms with Gasteiger partial charge in [-0.1, -0.05) is 0 Å². The fourth-order valence-electron chi connectivity index (χ4n) is 2.27. The van der Waals surface area contributed by atoms with E-state index in [1.807, 2.05) is 12.4 Å². The van der Waals surface area contributed by atoms with Gasteiger partial charge in [0.25, 0.3) is 0 Å². The minimum atomic E-state index is 0.621. The van der Waals surface area contributed by atoms with Gasteiger partial charge in [-0.3, -0.25) is 4.98 Å². The van der Waals surface area contributed by atoms with E-state index in [2.05, 4.69) is 28.9 Å². The normalized spacial score (nSPS) is 26.7. The molecule has 0 spiro atoms. The Morgan fingerprint density at radius 1 is 1.40 bits per heavy atom. The molecule has 0 radical (unpaired) electrons. The molecule has 1 fully saturated rings. The fraction of sp³-hybridized carbons (Fsp3) is 0.583. The molecular formula is C12H19N3. The summed E-state index contributed by atoms with van der Waals surface area (Å²) in [4.78, 5) is 6.50. The van der Waals surface area contributed by atoms with Crippen LogP contribution in [0.15, 0.2) is 24.5 Å². The molecule has 1 saturated heterocycles. The summed E-state index contributed by atoms with van der Waals surface area (Å²) in [5, 5.41) is 0. The Bertz CT molecular complexity index is 299. The molecule has 1 aromatic rings. The van der Waals surface area contributed by atoms with Crippen molar-refractivity contribution in [3.63, 3.8) is 0 Å². The molecule has 0 saturated carbocycles. The van der Waals surface area contributed by atoms with Crippen molar-refractivity contribution in [1.82, 2.24) is 4.98 Å². The van der Waals surface area contributed by atoms with Crippen molar-refractivity contribution < 1.29 is 0 Å². The Morgan fingerprint density at radius 3 is 2.80 bits per heavy atom. The molecule has 82 valence electrons. The number of rotatable bonds is 2. The molecule has 1 aromatic heterocycles. The van der Waals surface area contributed by atoms with Crippen LogP contribution in [0.4, 0.5) is 5.69 Å². The second kappa shape index (κ2) is 4.62. The average molecular weight is 205 g/mol. The van der Waals surface area contributed by atoms with E-state index in [0.717, 1.165) is 13.1 Å². The lowest BCUT2D eigenvalue weighted by molar-refractivity contribution is 0.374. The standard InChI is InChI=1S/C12H19N3/c1-10-2-3-11(8-13)9-15(10)12-4-6-14-7-5-12/h4-7,10-11H,2-3,8-9,13H2,1H3. The SMILES string of the molecule is CC1CCC(CN)CN1c1ccncc1. The zero-order chi connectivity index (χ0) is 10.7. The number of aromatic nitrogens is 1. The highest BCUT2D eigenvalue weighted by atomic mass is 15.2. The number of nitrogens with two attached hydrogens (primary N) is 1. The van der Waals surface area contributed by atoms with E-state index in [4.69, 9.17) is 5.73 Å². The zero-order valence-electron chi connectivity index (χ0n) is 9.26. The van der Waals surface area contributed by atoms with Crippen LogP contribution in [0.5, 0.6) is 0 Å². The van der Waals surface area contributed by atoms with Gasteiger partial charge < -0.3 is 10.6 Å². The van der Waals surface area contributed by atoms with Crippen LogP contribution < -0.4 is 10.6 Å². The molecule has 3 nitrogen and oxygen atoms in total. The maximum atomic E-state index is 5.75. The predicted octanol–water partition coefficient (Wildman–Crippen LogP) is 1.65. The van der Waals surface area contributed by atoms with E-state index >= 15 is 0 Å². The van der Waals surface area contributed by atoms with Crippen LogP contribution >= 0.6 is 0 Å². The lowest BCUT2D eigenvalue weighted by atomic mass is 9.93. The maximum absolute atomic E-state index is 5.75. The molecule has 2 atom stereocenters. The number of hydrogen-bond acceptors (Lipinski definition) is 3. The van der Waals surface area contributed by atoms with Crippen molar-refractivity contribution in [2.24, 2.45) is 11.7 Å². The van der Waals surface area contributed by atoms with Crippen LogP contribution in [0.1, 0.15) is 19.8 Å². The summed E-state index contributed by atoms with van der Waals surface area (Å²) >= 11 is 0. The number of piperidine rings is 1. The first-order valence-corrected chi connectivity index (χ1v) is 5.68. The topological polar surface area (TPSA) is 42.1 Å². The highest BCUT2D eigenvalue weighted by molar-refractivity contribution is 5.46. The Kier molecular flexibility index (Phi) is 3.21. The van der Waals surface area contributed by atoms with Gasteiger partial charge in [-0.15, -0.1) is 0 Å². The van der Waals surface area contributed by atoms with Crippen molar-refractivity contribution in [1.29, 1.82) is 0 Å². The number of hydrogen-bond donors (Lipinski definition) is 1. The van der Waals surface area contributed by atoms with Gasteiger partial charge in [0.2, 0.25) is 0 Å². The van der Waals surface area contributed by atoms with Crippen LogP contribution in [0.2, 0.25) is 0 Å². The van der Waals surface area contributed by atoms with Gasteiger partial charge in [-0.25, -0.2) is 0 Å². The third-order valence-corrected chi connectivity index (χ3v) is 3.31.